The van der Waals surface area contributed by atoms with Crippen molar-refractivity contribution in [1.29, 1.82) is 0 Å². The van der Waals surface area contributed by atoms with E-state index in [0.29, 0.717) is 6.42 Å². The fourth-order valence-electron chi connectivity index (χ4n) is 2.08. The molecule has 0 fully saturated rings. The molecule has 1 aromatic carbocycles. The summed E-state index contributed by atoms with van der Waals surface area (Å²) in [6, 6.07) is 6.31. The third-order valence-electron chi connectivity index (χ3n) is 3.01. The molecule has 106 valence electrons. The Kier molecular flexibility index (Phi) is 6.36. The molecule has 3 N–H and O–H groups in total. The molecule has 0 aliphatic carbocycles. The van der Waals surface area contributed by atoms with Gasteiger partial charge >= 0.3 is 0 Å². The van der Waals surface area contributed by atoms with E-state index in [1.807, 2.05) is 4.90 Å². The maximum absolute atomic E-state index is 12.2. The van der Waals surface area contributed by atoms with Crippen LogP contribution in [0.2, 0.25) is 0 Å². The molecule has 1 amide bonds. The zero-order valence-corrected chi connectivity index (χ0v) is 11.8. The Balaban J connectivity index is 2.62. The molecule has 0 spiro atoms. The summed E-state index contributed by atoms with van der Waals surface area (Å²) in [5.74, 6) is 0.235. The lowest BCUT2D eigenvalue weighted by atomic mass is 10.1. The van der Waals surface area contributed by atoms with Gasteiger partial charge in [0.1, 0.15) is 5.75 Å². The maximum atomic E-state index is 12.2. The van der Waals surface area contributed by atoms with Gasteiger partial charge in [-0.2, -0.15) is 0 Å². The first-order valence-electron chi connectivity index (χ1n) is 6.90. The number of benzene rings is 1. The molecule has 0 aromatic heterocycles. The predicted molar refractivity (Wildman–Crippen MR) is 76.9 cm³/mol. The van der Waals surface area contributed by atoms with Gasteiger partial charge in [-0.1, -0.05) is 26.0 Å². The van der Waals surface area contributed by atoms with Gasteiger partial charge in [0.05, 0.1) is 6.04 Å². The molecule has 4 heteroatoms. The summed E-state index contributed by atoms with van der Waals surface area (Å²) in [7, 11) is 0. The molecule has 0 radical (unpaired) electrons. The lowest BCUT2D eigenvalue weighted by molar-refractivity contribution is -0.132. The summed E-state index contributed by atoms with van der Waals surface area (Å²) in [6.45, 7) is 5.63. The van der Waals surface area contributed by atoms with Gasteiger partial charge in [0.25, 0.3) is 0 Å². The van der Waals surface area contributed by atoms with Crippen LogP contribution in [-0.4, -0.2) is 35.0 Å². The molecule has 1 rings (SSSR count). The number of hydrogen-bond donors (Lipinski definition) is 2. The number of nitrogens with two attached hydrogens (primary N) is 1. The third kappa shape index (κ3) is 4.91. The maximum Gasteiger partial charge on any atom is 0.239 e. The van der Waals surface area contributed by atoms with Crippen molar-refractivity contribution < 1.29 is 9.90 Å². The van der Waals surface area contributed by atoms with Crippen molar-refractivity contribution >= 4 is 5.91 Å². The molecule has 0 saturated carbocycles. The Labute approximate surface area is 115 Å². The molecule has 0 saturated heterocycles. The smallest absolute Gasteiger partial charge is 0.239 e. The molecule has 0 aliphatic rings. The predicted octanol–water partition coefficient (Wildman–Crippen LogP) is 1.91. The second-order valence-electron chi connectivity index (χ2n) is 4.80. The van der Waals surface area contributed by atoms with Gasteiger partial charge in [0.15, 0.2) is 0 Å². The van der Waals surface area contributed by atoms with Crippen molar-refractivity contribution in [3.63, 3.8) is 0 Å². The van der Waals surface area contributed by atoms with Crippen LogP contribution >= 0.6 is 0 Å². The molecular formula is C15H24N2O2. The standard InChI is InChI=1S/C15H24N2O2/c1-3-9-17(10-4-2)15(19)14(16)11-12-5-7-13(18)8-6-12/h5-8,14,18H,3-4,9-11,16H2,1-2H3. The van der Waals surface area contributed by atoms with Crippen LogP contribution in [0.15, 0.2) is 24.3 Å². The van der Waals surface area contributed by atoms with Crippen LogP contribution in [0.4, 0.5) is 0 Å². The van der Waals surface area contributed by atoms with Crippen molar-refractivity contribution in [3.8, 4) is 5.75 Å². The number of phenolic OH excluding ortho intramolecular Hbond substituents is 1. The molecule has 19 heavy (non-hydrogen) atoms. The third-order valence-corrected chi connectivity index (χ3v) is 3.01. The lowest BCUT2D eigenvalue weighted by Gasteiger charge is -2.25. The van der Waals surface area contributed by atoms with Crippen molar-refractivity contribution in [1.82, 2.24) is 4.90 Å². The normalized spacial score (nSPS) is 12.2. The van der Waals surface area contributed by atoms with Crippen LogP contribution in [0, 0.1) is 0 Å². The fraction of sp³-hybridized carbons (Fsp3) is 0.533. The second kappa shape index (κ2) is 7.79. The van der Waals surface area contributed by atoms with E-state index in [1.54, 1.807) is 24.3 Å². The summed E-state index contributed by atoms with van der Waals surface area (Å²) < 4.78 is 0. The Bertz CT molecular complexity index is 384. The number of hydrogen-bond acceptors (Lipinski definition) is 3. The highest BCUT2D eigenvalue weighted by Crippen LogP contribution is 2.11. The van der Waals surface area contributed by atoms with Crippen molar-refractivity contribution in [2.75, 3.05) is 13.1 Å². The van der Waals surface area contributed by atoms with Crippen LogP contribution < -0.4 is 5.73 Å². The van der Waals surface area contributed by atoms with Crippen LogP contribution in [0.3, 0.4) is 0 Å². The average Bonchev–Trinajstić information content (AvgIpc) is 2.40. The molecule has 0 aliphatic heterocycles. The topological polar surface area (TPSA) is 66.6 Å². The Morgan fingerprint density at radius 3 is 2.21 bits per heavy atom. The lowest BCUT2D eigenvalue weighted by Crippen LogP contribution is -2.45. The minimum Gasteiger partial charge on any atom is -0.508 e. The van der Waals surface area contributed by atoms with E-state index in [4.69, 9.17) is 5.73 Å². The quantitative estimate of drug-likeness (QED) is 0.790. The molecule has 4 nitrogen and oxygen atoms in total. The average molecular weight is 264 g/mol. The summed E-state index contributed by atoms with van der Waals surface area (Å²) in [5, 5.41) is 9.22. The van der Waals surface area contributed by atoms with Crippen LogP contribution in [-0.2, 0) is 11.2 Å². The largest absolute Gasteiger partial charge is 0.508 e. The van der Waals surface area contributed by atoms with Gasteiger partial charge in [-0.25, -0.2) is 0 Å². The highest BCUT2D eigenvalue weighted by molar-refractivity contribution is 5.82. The zero-order chi connectivity index (χ0) is 14.3. The van der Waals surface area contributed by atoms with Gasteiger partial charge in [0, 0.05) is 13.1 Å². The highest BCUT2D eigenvalue weighted by atomic mass is 16.3. The zero-order valence-electron chi connectivity index (χ0n) is 11.8. The van der Waals surface area contributed by atoms with Crippen molar-refractivity contribution in [2.24, 2.45) is 5.73 Å². The number of carbonyl (C=O) groups excluding carboxylic acids is 1. The van der Waals surface area contributed by atoms with Gasteiger partial charge in [-0.05, 0) is 37.0 Å². The monoisotopic (exact) mass is 264 g/mol. The molecule has 1 aromatic rings. The van der Waals surface area contributed by atoms with Crippen molar-refractivity contribution in [2.45, 2.75) is 39.2 Å². The molecular weight excluding hydrogens is 240 g/mol. The Morgan fingerprint density at radius 1 is 1.21 bits per heavy atom. The van der Waals surface area contributed by atoms with E-state index in [0.717, 1.165) is 31.5 Å². The molecule has 1 unspecified atom stereocenters. The van der Waals surface area contributed by atoms with Gasteiger partial charge < -0.3 is 15.7 Å². The van der Waals surface area contributed by atoms with E-state index in [1.165, 1.54) is 0 Å². The minimum atomic E-state index is -0.511. The first-order chi connectivity index (χ1) is 9.08. The summed E-state index contributed by atoms with van der Waals surface area (Å²) in [5.41, 5.74) is 6.96. The van der Waals surface area contributed by atoms with E-state index in [-0.39, 0.29) is 11.7 Å². The highest BCUT2D eigenvalue weighted by Gasteiger charge is 2.20. The van der Waals surface area contributed by atoms with Crippen molar-refractivity contribution in [3.05, 3.63) is 29.8 Å². The Hall–Kier alpha value is -1.55. The fourth-order valence-corrected chi connectivity index (χ4v) is 2.08. The number of amides is 1. The summed E-state index contributed by atoms with van der Waals surface area (Å²) >= 11 is 0. The first kappa shape index (κ1) is 15.5. The van der Waals surface area contributed by atoms with E-state index in [9.17, 15) is 9.90 Å². The molecule has 0 bridgehead atoms. The number of nitrogens with zero attached hydrogens (tertiary/aromatic N) is 1. The number of aromatic hydroxyl groups is 1. The first-order valence-corrected chi connectivity index (χ1v) is 6.90. The number of phenols is 1. The second-order valence-corrected chi connectivity index (χ2v) is 4.80. The SMILES string of the molecule is CCCN(CCC)C(=O)C(N)Cc1ccc(O)cc1. The van der Waals surface area contributed by atoms with E-state index in [2.05, 4.69) is 13.8 Å². The van der Waals surface area contributed by atoms with Crippen LogP contribution in [0.25, 0.3) is 0 Å². The van der Waals surface area contributed by atoms with Crippen LogP contribution in [0.5, 0.6) is 5.75 Å². The number of carbonyl (C=O) groups is 1. The molecule has 1 atom stereocenters. The van der Waals surface area contributed by atoms with E-state index < -0.39 is 6.04 Å². The summed E-state index contributed by atoms with van der Waals surface area (Å²) in [4.78, 5) is 14.1. The van der Waals surface area contributed by atoms with Gasteiger partial charge in [-0.15, -0.1) is 0 Å². The Morgan fingerprint density at radius 2 is 1.74 bits per heavy atom. The summed E-state index contributed by atoms with van der Waals surface area (Å²) in [6.07, 6.45) is 2.39. The molecule has 0 heterocycles. The van der Waals surface area contributed by atoms with E-state index >= 15 is 0 Å². The van der Waals surface area contributed by atoms with Crippen LogP contribution in [0.1, 0.15) is 32.3 Å². The minimum absolute atomic E-state index is 0.0109. The number of rotatable bonds is 7. The van der Waals surface area contributed by atoms with Gasteiger partial charge in [-0.3, -0.25) is 4.79 Å². The van der Waals surface area contributed by atoms with Gasteiger partial charge in [0.2, 0.25) is 5.91 Å².